The molecule has 2 N–H and O–H groups in total. The van der Waals surface area contributed by atoms with Crippen molar-refractivity contribution in [3.8, 4) is 0 Å². The fraction of sp³-hybridized carbons (Fsp3) is 0.200. The van der Waals surface area contributed by atoms with Crippen LogP contribution in [0.15, 0.2) is 24.3 Å². The summed E-state index contributed by atoms with van der Waals surface area (Å²) in [7, 11) is 0. The van der Waals surface area contributed by atoms with E-state index in [0.29, 0.717) is 11.3 Å². The highest BCUT2D eigenvalue weighted by Gasteiger charge is 2.10. The third-order valence-corrected chi connectivity index (χ3v) is 1.67. The minimum absolute atomic E-state index is 0.0752. The second kappa shape index (κ2) is 3.85. The Morgan fingerprint density at radius 3 is 2.46 bits per heavy atom. The molecule has 0 aliphatic carbocycles. The van der Waals surface area contributed by atoms with E-state index in [9.17, 15) is 9.59 Å². The van der Waals surface area contributed by atoms with E-state index in [1.807, 2.05) is 0 Å². The molecule has 1 rings (SSSR count). The summed E-state index contributed by atoms with van der Waals surface area (Å²) in [6, 6.07) is 6.75. The first kappa shape index (κ1) is 9.45. The van der Waals surface area contributed by atoms with Crippen molar-refractivity contribution in [2.75, 3.05) is 5.73 Å². The summed E-state index contributed by atoms with van der Waals surface area (Å²) in [5, 5.41) is 0. The summed E-state index contributed by atoms with van der Waals surface area (Å²) in [6.45, 7) is 1.39. The van der Waals surface area contributed by atoms with Crippen molar-refractivity contribution in [1.29, 1.82) is 0 Å². The maximum atomic E-state index is 11.4. The topological polar surface area (TPSA) is 60.2 Å². The fourth-order valence-electron chi connectivity index (χ4n) is 1.07. The van der Waals surface area contributed by atoms with Gasteiger partial charge in [0.2, 0.25) is 0 Å². The van der Waals surface area contributed by atoms with Crippen LogP contribution in [-0.2, 0) is 4.79 Å². The van der Waals surface area contributed by atoms with E-state index in [1.165, 1.54) is 6.92 Å². The van der Waals surface area contributed by atoms with E-state index >= 15 is 0 Å². The zero-order valence-electron chi connectivity index (χ0n) is 7.41. The summed E-state index contributed by atoms with van der Waals surface area (Å²) in [6.07, 6.45) is -0.0752. The Morgan fingerprint density at radius 2 is 1.92 bits per heavy atom. The maximum absolute atomic E-state index is 11.4. The van der Waals surface area contributed by atoms with Crippen LogP contribution < -0.4 is 5.73 Å². The van der Waals surface area contributed by atoms with E-state index in [2.05, 4.69) is 0 Å². The molecule has 3 heteroatoms. The monoisotopic (exact) mass is 177 g/mol. The molecule has 0 saturated heterocycles. The lowest BCUT2D eigenvalue weighted by Crippen LogP contribution is -2.07. The van der Waals surface area contributed by atoms with Gasteiger partial charge in [-0.05, 0) is 19.1 Å². The molecular weight excluding hydrogens is 166 g/mol. The molecule has 0 aliphatic heterocycles. The van der Waals surface area contributed by atoms with E-state index < -0.39 is 0 Å². The molecule has 0 atom stereocenters. The highest BCUT2D eigenvalue weighted by molar-refractivity contribution is 6.09. The Bertz CT molecular complexity index is 345. The van der Waals surface area contributed by atoms with Crippen LogP contribution in [0.3, 0.4) is 0 Å². The number of rotatable bonds is 3. The SMILES string of the molecule is CC(=O)CC(=O)c1ccccc1N. The van der Waals surface area contributed by atoms with Crippen LogP contribution in [0.1, 0.15) is 23.7 Å². The molecule has 1 aromatic rings. The number of nitrogen functional groups attached to an aromatic ring is 1. The Kier molecular flexibility index (Phi) is 2.80. The van der Waals surface area contributed by atoms with Gasteiger partial charge in [0.15, 0.2) is 5.78 Å². The fourth-order valence-corrected chi connectivity index (χ4v) is 1.07. The van der Waals surface area contributed by atoms with Gasteiger partial charge in [-0.25, -0.2) is 0 Å². The van der Waals surface area contributed by atoms with Crippen molar-refractivity contribution in [2.45, 2.75) is 13.3 Å². The number of benzene rings is 1. The Balaban J connectivity index is 2.89. The van der Waals surface area contributed by atoms with Crippen LogP contribution in [0.4, 0.5) is 5.69 Å². The molecular formula is C10H11NO2. The Hall–Kier alpha value is -1.64. The van der Waals surface area contributed by atoms with Gasteiger partial charge in [0.25, 0.3) is 0 Å². The summed E-state index contributed by atoms with van der Waals surface area (Å²) in [4.78, 5) is 22.1. The molecule has 0 aliphatic rings. The third kappa shape index (κ3) is 2.40. The first-order valence-electron chi connectivity index (χ1n) is 3.98. The number of nitrogens with two attached hydrogens (primary N) is 1. The quantitative estimate of drug-likeness (QED) is 0.431. The van der Waals surface area contributed by atoms with Gasteiger partial charge in [0.1, 0.15) is 5.78 Å². The summed E-state index contributed by atoms with van der Waals surface area (Å²) in [5.41, 5.74) is 6.42. The van der Waals surface area contributed by atoms with Crippen LogP contribution in [-0.4, -0.2) is 11.6 Å². The maximum Gasteiger partial charge on any atom is 0.172 e. The summed E-state index contributed by atoms with van der Waals surface area (Å²) >= 11 is 0. The third-order valence-electron chi connectivity index (χ3n) is 1.67. The van der Waals surface area contributed by atoms with E-state index in [0.717, 1.165) is 0 Å². The number of ketones is 2. The van der Waals surface area contributed by atoms with Gasteiger partial charge in [-0.15, -0.1) is 0 Å². The van der Waals surface area contributed by atoms with Gasteiger partial charge >= 0.3 is 0 Å². The Morgan fingerprint density at radius 1 is 1.31 bits per heavy atom. The largest absolute Gasteiger partial charge is 0.398 e. The van der Waals surface area contributed by atoms with Crippen molar-refractivity contribution >= 4 is 17.3 Å². The molecule has 13 heavy (non-hydrogen) atoms. The van der Waals surface area contributed by atoms with Gasteiger partial charge in [0, 0.05) is 11.3 Å². The van der Waals surface area contributed by atoms with Crippen LogP contribution >= 0.6 is 0 Å². The van der Waals surface area contributed by atoms with E-state index in [4.69, 9.17) is 5.73 Å². The minimum atomic E-state index is -0.217. The van der Waals surface area contributed by atoms with Crippen molar-refractivity contribution in [3.05, 3.63) is 29.8 Å². The van der Waals surface area contributed by atoms with Gasteiger partial charge in [-0.1, -0.05) is 12.1 Å². The lowest BCUT2D eigenvalue weighted by atomic mass is 10.1. The van der Waals surface area contributed by atoms with Gasteiger partial charge in [-0.3, -0.25) is 9.59 Å². The average molecular weight is 177 g/mol. The molecule has 0 spiro atoms. The average Bonchev–Trinajstić information content (AvgIpc) is 2.03. The number of Topliss-reactive ketones (excluding diaryl/α,β-unsaturated/α-hetero) is 2. The Labute approximate surface area is 76.6 Å². The van der Waals surface area contributed by atoms with Gasteiger partial charge in [0.05, 0.1) is 6.42 Å². The first-order valence-corrected chi connectivity index (χ1v) is 3.98. The van der Waals surface area contributed by atoms with Gasteiger partial charge in [-0.2, -0.15) is 0 Å². The zero-order valence-corrected chi connectivity index (χ0v) is 7.41. The smallest absolute Gasteiger partial charge is 0.172 e. The lowest BCUT2D eigenvalue weighted by Gasteiger charge is -2.01. The second-order valence-electron chi connectivity index (χ2n) is 2.89. The van der Waals surface area contributed by atoms with E-state index in [1.54, 1.807) is 24.3 Å². The predicted octanol–water partition coefficient (Wildman–Crippen LogP) is 1.43. The molecule has 68 valence electrons. The number of carbonyl (C=O) groups excluding carboxylic acids is 2. The van der Waals surface area contributed by atoms with Crippen LogP contribution in [0.5, 0.6) is 0 Å². The highest BCUT2D eigenvalue weighted by Crippen LogP contribution is 2.12. The molecule has 0 fully saturated rings. The lowest BCUT2D eigenvalue weighted by molar-refractivity contribution is -0.116. The molecule has 3 nitrogen and oxygen atoms in total. The van der Waals surface area contributed by atoms with Crippen LogP contribution in [0.2, 0.25) is 0 Å². The number of anilines is 1. The number of para-hydroxylation sites is 1. The molecule has 0 aromatic heterocycles. The summed E-state index contributed by atoms with van der Waals surface area (Å²) < 4.78 is 0. The zero-order chi connectivity index (χ0) is 9.84. The minimum Gasteiger partial charge on any atom is -0.398 e. The molecule has 0 radical (unpaired) electrons. The number of carbonyl (C=O) groups is 2. The van der Waals surface area contributed by atoms with Crippen molar-refractivity contribution < 1.29 is 9.59 Å². The first-order chi connectivity index (χ1) is 6.11. The van der Waals surface area contributed by atoms with E-state index in [-0.39, 0.29) is 18.0 Å². The molecule has 0 amide bonds. The van der Waals surface area contributed by atoms with Crippen molar-refractivity contribution in [2.24, 2.45) is 0 Å². The molecule has 0 heterocycles. The van der Waals surface area contributed by atoms with Crippen molar-refractivity contribution in [3.63, 3.8) is 0 Å². The number of hydrogen-bond acceptors (Lipinski definition) is 3. The predicted molar refractivity (Wildman–Crippen MR) is 50.5 cm³/mol. The second-order valence-corrected chi connectivity index (χ2v) is 2.89. The number of hydrogen-bond donors (Lipinski definition) is 1. The standard InChI is InChI=1S/C10H11NO2/c1-7(12)6-10(13)8-4-2-3-5-9(8)11/h2-5H,6,11H2,1H3. The van der Waals surface area contributed by atoms with Crippen LogP contribution in [0, 0.1) is 0 Å². The molecule has 0 unspecified atom stereocenters. The summed E-state index contributed by atoms with van der Waals surface area (Å²) in [5.74, 6) is -0.362. The van der Waals surface area contributed by atoms with Crippen molar-refractivity contribution in [1.82, 2.24) is 0 Å². The van der Waals surface area contributed by atoms with Gasteiger partial charge < -0.3 is 5.73 Å². The highest BCUT2D eigenvalue weighted by atomic mass is 16.1. The molecule has 0 bridgehead atoms. The normalized spacial score (nSPS) is 9.62. The van der Waals surface area contributed by atoms with Crippen LogP contribution in [0.25, 0.3) is 0 Å². The molecule has 0 saturated carbocycles. The molecule has 1 aromatic carbocycles.